The van der Waals surface area contributed by atoms with E-state index in [9.17, 15) is 4.79 Å². The lowest BCUT2D eigenvalue weighted by molar-refractivity contribution is -0.152. The van der Waals surface area contributed by atoms with Crippen LogP contribution in [0.5, 0.6) is 0 Å². The van der Waals surface area contributed by atoms with Crippen molar-refractivity contribution in [1.82, 2.24) is 0 Å². The second-order valence-electron chi connectivity index (χ2n) is 3.35. The predicted molar refractivity (Wildman–Crippen MR) is 49.9 cm³/mol. The molecular formula is C10H20O2. The highest BCUT2D eigenvalue weighted by atomic mass is 16.5. The van der Waals surface area contributed by atoms with Gasteiger partial charge < -0.3 is 4.74 Å². The van der Waals surface area contributed by atoms with Gasteiger partial charge in [-0.1, -0.05) is 27.2 Å². The molecule has 0 amide bonds. The zero-order valence-electron chi connectivity index (χ0n) is 8.59. The van der Waals surface area contributed by atoms with Crippen LogP contribution in [0.1, 0.15) is 47.0 Å². The summed E-state index contributed by atoms with van der Waals surface area (Å²) in [5, 5.41) is 0. The van der Waals surface area contributed by atoms with Crippen molar-refractivity contribution in [3.8, 4) is 0 Å². The summed E-state index contributed by atoms with van der Waals surface area (Å²) in [4.78, 5) is 11.3. The fourth-order valence-electron chi connectivity index (χ4n) is 0.949. The van der Waals surface area contributed by atoms with E-state index < -0.39 is 0 Å². The van der Waals surface area contributed by atoms with Gasteiger partial charge in [0.2, 0.25) is 0 Å². The molecule has 0 aliphatic rings. The van der Waals surface area contributed by atoms with Crippen LogP contribution in [0.15, 0.2) is 0 Å². The van der Waals surface area contributed by atoms with Gasteiger partial charge in [-0.3, -0.25) is 4.79 Å². The number of ether oxygens (including phenoxy) is 1. The van der Waals surface area contributed by atoms with E-state index in [1.807, 2.05) is 20.8 Å². The predicted octanol–water partition coefficient (Wildman–Crippen LogP) is 2.76. The van der Waals surface area contributed by atoms with Crippen molar-refractivity contribution in [3.63, 3.8) is 0 Å². The Bertz CT molecular complexity index is 132. The fraction of sp³-hybridized carbons (Fsp3) is 0.900. The third-order valence-corrected chi connectivity index (χ3v) is 2.02. The molecule has 0 bridgehead atoms. The first-order valence-electron chi connectivity index (χ1n) is 4.82. The summed E-state index contributed by atoms with van der Waals surface area (Å²) in [7, 11) is 0. The molecule has 0 aliphatic carbocycles. The van der Waals surface area contributed by atoms with Crippen LogP contribution in [-0.4, -0.2) is 12.1 Å². The molecule has 0 saturated heterocycles. The molecule has 0 aromatic heterocycles. The van der Waals surface area contributed by atoms with Crippen LogP contribution in [0.3, 0.4) is 0 Å². The lowest BCUT2D eigenvalue weighted by Crippen LogP contribution is -2.20. The molecule has 0 aromatic carbocycles. The normalized spacial score (nSPS) is 15.3. The Labute approximate surface area is 75.3 Å². The minimum absolute atomic E-state index is 0.0498. The largest absolute Gasteiger partial charge is 0.462 e. The van der Waals surface area contributed by atoms with Crippen LogP contribution in [0.2, 0.25) is 0 Å². The molecule has 0 N–H and O–H groups in total. The lowest BCUT2D eigenvalue weighted by Gasteiger charge is -2.14. The van der Waals surface area contributed by atoms with Gasteiger partial charge in [-0.2, -0.15) is 0 Å². The van der Waals surface area contributed by atoms with E-state index >= 15 is 0 Å². The average molecular weight is 172 g/mol. The molecule has 0 heterocycles. The van der Waals surface area contributed by atoms with Crippen molar-refractivity contribution in [1.29, 1.82) is 0 Å². The van der Waals surface area contributed by atoms with Crippen LogP contribution in [0, 0.1) is 5.92 Å². The van der Waals surface area contributed by atoms with Crippen LogP contribution in [0.25, 0.3) is 0 Å². The van der Waals surface area contributed by atoms with Crippen LogP contribution < -0.4 is 0 Å². The van der Waals surface area contributed by atoms with E-state index in [1.165, 1.54) is 0 Å². The summed E-state index contributed by atoms with van der Waals surface area (Å²) in [6.45, 7) is 7.94. The Morgan fingerprint density at radius 2 is 1.92 bits per heavy atom. The molecule has 72 valence electrons. The topological polar surface area (TPSA) is 26.3 Å². The summed E-state index contributed by atoms with van der Waals surface area (Å²) in [6.07, 6.45) is 2.92. The van der Waals surface area contributed by atoms with Crippen molar-refractivity contribution in [2.24, 2.45) is 5.92 Å². The lowest BCUT2D eigenvalue weighted by atomic mass is 10.1. The number of hydrogen-bond donors (Lipinski definition) is 0. The minimum atomic E-state index is -0.0498. The standard InChI is InChI=1S/C10H20O2/c1-5-7-8(3)10(11)12-9(4)6-2/h8-9H,5-7H2,1-4H3/t8-,9-/m0/s1. The molecule has 2 nitrogen and oxygen atoms in total. The zero-order valence-corrected chi connectivity index (χ0v) is 8.59. The maximum Gasteiger partial charge on any atom is 0.308 e. The molecule has 12 heavy (non-hydrogen) atoms. The molecule has 0 aromatic rings. The highest BCUT2D eigenvalue weighted by Gasteiger charge is 2.15. The van der Waals surface area contributed by atoms with Crippen LogP contribution in [0.4, 0.5) is 0 Å². The van der Waals surface area contributed by atoms with E-state index in [1.54, 1.807) is 0 Å². The summed E-state index contributed by atoms with van der Waals surface area (Å²) in [5.74, 6) is 0.00944. The number of carbonyl (C=O) groups is 1. The molecule has 0 rings (SSSR count). The van der Waals surface area contributed by atoms with Gasteiger partial charge in [-0.05, 0) is 19.8 Å². The van der Waals surface area contributed by atoms with Crippen LogP contribution in [-0.2, 0) is 9.53 Å². The summed E-state index contributed by atoms with van der Waals surface area (Å²) < 4.78 is 5.17. The summed E-state index contributed by atoms with van der Waals surface area (Å²) >= 11 is 0. The molecule has 0 aliphatic heterocycles. The van der Waals surface area contributed by atoms with Gasteiger partial charge in [-0.25, -0.2) is 0 Å². The van der Waals surface area contributed by atoms with Crippen LogP contribution >= 0.6 is 0 Å². The first kappa shape index (κ1) is 11.5. The zero-order chi connectivity index (χ0) is 9.56. The van der Waals surface area contributed by atoms with Gasteiger partial charge in [0.1, 0.15) is 0 Å². The number of hydrogen-bond acceptors (Lipinski definition) is 2. The van der Waals surface area contributed by atoms with Gasteiger partial charge in [0, 0.05) is 0 Å². The Balaban J connectivity index is 3.70. The number of esters is 1. The van der Waals surface area contributed by atoms with E-state index in [2.05, 4.69) is 6.92 Å². The Morgan fingerprint density at radius 1 is 1.33 bits per heavy atom. The van der Waals surface area contributed by atoms with E-state index in [-0.39, 0.29) is 18.0 Å². The van der Waals surface area contributed by atoms with Gasteiger partial charge in [0.25, 0.3) is 0 Å². The molecule has 0 unspecified atom stereocenters. The Kier molecular flexibility index (Phi) is 5.77. The summed E-state index contributed by atoms with van der Waals surface area (Å²) in [6, 6.07) is 0. The minimum Gasteiger partial charge on any atom is -0.462 e. The van der Waals surface area contributed by atoms with Crippen molar-refractivity contribution in [2.75, 3.05) is 0 Å². The van der Waals surface area contributed by atoms with E-state index in [0.29, 0.717) is 0 Å². The maximum absolute atomic E-state index is 11.3. The Hall–Kier alpha value is -0.530. The van der Waals surface area contributed by atoms with Crippen molar-refractivity contribution in [2.45, 2.75) is 53.1 Å². The molecule has 2 heteroatoms. The number of rotatable bonds is 5. The highest BCUT2D eigenvalue weighted by Crippen LogP contribution is 2.09. The second-order valence-corrected chi connectivity index (χ2v) is 3.35. The average Bonchev–Trinajstić information content (AvgIpc) is 2.04. The monoisotopic (exact) mass is 172 g/mol. The van der Waals surface area contributed by atoms with E-state index in [0.717, 1.165) is 19.3 Å². The van der Waals surface area contributed by atoms with Gasteiger partial charge in [0.05, 0.1) is 12.0 Å². The van der Waals surface area contributed by atoms with Gasteiger partial charge in [0.15, 0.2) is 0 Å². The number of carbonyl (C=O) groups excluding carboxylic acids is 1. The van der Waals surface area contributed by atoms with Crippen molar-refractivity contribution in [3.05, 3.63) is 0 Å². The smallest absolute Gasteiger partial charge is 0.308 e. The SMILES string of the molecule is CCC[C@H](C)C(=O)O[C@@H](C)CC. The Morgan fingerprint density at radius 3 is 2.33 bits per heavy atom. The molecule has 0 saturated carbocycles. The van der Waals surface area contributed by atoms with Crippen molar-refractivity contribution >= 4 is 5.97 Å². The second kappa shape index (κ2) is 6.04. The first-order valence-corrected chi connectivity index (χ1v) is 4.82. The quantitative estimate of drug-likeness (QED) is 0.596. The molecule has 0 fully saturated rings. The third-order valence-electron chi connectivity index (χ3n) is 2.02. The molecule has 0 radical (unpaired) electrons. The van der Waals surface area contributed by atoms with Gasteiger partial charge in [-0.15, -0.1) is 0 Å². The summed E-state index contributed by atoms with van der Waals surface area (Å²) in [5.41, 5.74) is 0. The van der Waals surface area contributed by atoms with Gasteiger partial charge >= 0.3 is 5.97 Å². The third kappa shape index (κ3) is 4.37. The fourth-order valence-corrected chi connectivity index (χ4v) is 0.949. The maximum atomic E-state index is 11.3. The molecule has 2 atom stereocenters. The van der Waals surface area contributed by atoms with E-state index in [4.69, 9.17) is 4.74 Å². The highest BCUT2D eigenvalue weighted by molar-refractivity contribution is 5.72. The van der Waals surface area contributed by atoms with Crippen molar-refractivity contribution < 1.29 is 9.53 Å². The first-order chi connectivity index (χ1) is 5.61. The molecular weight excluding hydrogens is 152 g/mol. The molecule has 0 spiro atoms.